The Labute approximate surface area is 118 Å². The van der Waals surface area contributed by atoms with Gasteiger partial charge in [0.2, 0.25) is 0 Å². The fraction of sp³-hybridized carbons (Fsp3) is 0.941. The molecule has 2 nitrogen and oxygen atoms in total. The molecule has 0 spiro atoms. The topological polar surface area (TPSA) is 29.1 Å². The fourth-order valence-electron chi connectivity index (χ4n) is 4.60. The molecular weight excluding hydrogens is 234 g/mol. The first-order valence-corrected chi connectivity index (χ1v) is 8.32. The van der Waals surface area contributed by atoms with E-state index in [0.29, 0.717) is 11.7 Å². The molecule has 0 radical (unpaired) electrons. The first-order valence-electron chi connectivity index (χ1n) is 8.32. The van der Waals surface area contributed by atoms with Crippen LogP contribution in [0.25, 0.3) is 0 Å². The zero-order chi connectivity index (χ0) is 13.9. The first-order chi connectivity index (χ1) is 9.07. The van der Waals surface area contributed by atoms with E-state index in [1.807, 2.05) is 0 Å². The molecule has 19 heavy (non-hydrogen) atoms. The normalized spacial score (nSPS) is 35.0. The maximum Gasteiger partial charge on any atom is 0.142 e. The van der Waals surface area contributed by atoms with E-state index < -0.39 is 0 Å². The molecule has 1 saturated carbocycles. The smallest absolute Gasteiger partial charge is 0.142 e. The highest BCUT2D eigenvalue weighted by atomic mass is 16.1. The van der Waals surface area contributed by atoms with Gasteiger partial charge in [0.25, 0.3) is 0 Å². The summed E-state index contributed by atoms with van der Waals surface area (Å²) in [4.78, 5) is 13.1. The quantitative estimate of drug-likeness (QED) is 0.837. The SMILES string of the molecule is CCCC1(C(=O)C2CC(C)CC(C)C2)CCNCC1. The standard InChI is InChI=1S/C17H31NO/c1-4-5-17(6-8-18-9-7-17)16(19)15-11-13(2)10-14(3)12-15/h13-15,18H,4-12H2,1-3H3. The zero-order valence-electron chi connectivity index (χ0n) is 13.0. The zero-order valence-corrected chi connectivity index (χ0v) is 13.0. The Hall–Kier alpha value is -0.370. The van der Waals surface area contributed by atoms with Crippen molar-refractivity contribution in [3.05, 3.63) is 0 Å². The number of carbonyl (C=O) groups excluding carboxylic acids is 1. The predicted octanol–water partition coefficient (Wildman–Crippen LogP) is 3.80. The minimum Gasteiger partial charge on any atom is -0.317 e. The van der Waals surface area contributed by atoms with Crippen LogP contribution in [0.15, 0.2) is 0 Å². The van der Waals surface area contributed by atoms with Crippen molar-refractivity contribution in [2.45, 2.75) is 65.7 Å². The summed E-state index contributed by atoms with van der Waals surface area (Å²) in [6, 6.07) is 0. The largest absolute Gasteiger partial charge is 0.317 e. The average Bonchev–Trinajstić information content (AvgIpc) is 2.38. The van der Waals surface area contributed by atoms with E-state index in [2.05, 4.69) is 26.1 Å². The average molecular weight is 265 g/mol. The summed E-state index contributed by atoms with van der Waals surface area (Å²) in [7, 11) is 0. The molecule has 0 aromatic heterocycles. The number of carbonyl (C=O) groups is 1. The predicted molar refractivity (Wildman–Crippen MR) is 80.1 cm³/mol. The molecule has 1 saturated heterocycles. The van der Waals surface area contributed by atoms with Crippen molar-refractivity contribution in [2.24, 2.45) is 23.2 Å². The van der Waals surface area contributed by atoms with Gasteiger partial charge in [0.15, 0.2) is 0 Å². The lowest BCUT2D eigenvalue weighted by atomic mass is 9.64. The van der Waals surface area contributed by atoms with Crippen LogP contribution < -0.4 is 5.32 Å². The van der Waals surface area contributed by atoms with Gasteiger partial charge in [-0.2, -0.15) is 0 Å². The number of ketones is 1. The Balaban J connectivity index is 2.10. The highest BCUT2D eigenvalue weighted by Crippen LogP contribution is 2.43. The van der Waals surface area contributed by atoms with Gasteiger partial charge in [-0.1, -0.05) is 27.2 Å². The van der Waals surface area contributed by atoms with Crippen LogP contribution in [-0.2, 0) is 4.79 Å². The molecule has 2 aliphatic rings. The molecule has 110 valence electrons. The lowest BCUT2D eigenvalue weighted by Crippen LogP contribution is -2.46. The second-order valence-electron chi connectivity index (χ2n) is 7.26. The number of Topliss-reactive ketones (excluding diaryl/α,β-unsaturated/α-hetero) is 1. The molecule has 1 aliphatic carbocycles. The van der Waals surface area contributed by atoms with Crippen molar-refractivity contribution in [2.75, 3.05) is 13.1 Å². The Bertz CT molecular complexity index is 291. The third kappa shape index (κ3) is 3.39. The molecule has 2 unspecified atom stereocenters. The van der Waals surface area contributed by atoms with Crippen molar-refractivity contribution in [1.82, 2.24) is 5.32 Å². The summed E-state index contributed by atoms with van der Waals surface area (Å²) < 4.78 is 0. The second kappa shape index (κ2) is 6.39. The number of piperidine rings is 1. The number of nitrogens with one attached hydrogen (secondary N) is 1. The highest BCUT2D eigenvalue weighted by Gasteiger charge is 2.43. The van der Waals surface area contributed by atoms with E-state index in [-0.39, 0.29) is 5.41 Å². The van der Waals surface area contributed by atoms with Crippen LogP contribution in [0.2, 0.25) is 0 Å². The van der Waals surface area contributed by atoms with Gasteiger partial charge >= 0.3 is 0 Å². The van der Waals surface area contributed by atoms with Crippen molar-refractivity contribution in [3.8, 4) is 0 Å². The van der Waals surface area contributed by atoms with Crippen LogP contribution in [0.5, 0.6) is 0 Å². The number of hydrogen-bond acceptors (Lipinski definition) is 2. The molecule has 0 aromatic carbocycles. The molecule has 0 bridgehead atoms. The van der Waals surface area contributed by atoms with Crippen LogP contribution >= 0.6 is 0 Å². The summed E-state index contributed by atoms with van der Waals surface area (Å²) in [5.41, 5.74) is 0.0153. The molecule has 2 fully saturated rings. The molecule has 1 heterocycles. The van der Waals surface area contributed by atoms with Gasteiger partial charge in [0, 0.05) is 11.3 Å². The van der Waals surface area contributed by atoms with E-state index in [1.54, 1.807) is 0 Å². The minimum atomic E-state index is 0.0153. The van der Waals surface area contributed by atoms with Gasteiger partial charge in [-0.05, 0) is 63.5 Å². The molecule has 0 amide bonds. The maximum atomic E-state index is 13.1. The lowest BCUT2D eigenvalue weighted by Gasteiger charge is -2.41. The lowest BCUT2D eigenvalue weighted by molar-refractivity contribution is -0.137. The van der Waals surface area contributed by atoms with Crippen LogP contribution in [0.3, 0.4) is 0 Å². The van der Waals surface area contributed by atoms with Crippen LogP contribution in [0, 0.1) is 23.2 Å². The minimum absolute atomic E-state index is 0.0153. The second-order valence-corrected chi connectivity index (χ2v) is 7.26. The van der Waals surface area contributed by atoms with Gasteiger partial charge in [-0.3, -0.25) is 4.79 Å². The van der Waals surface area contributed by atoms with Crippen molar-refractivity contribution in [3.63, 3.8) is 0 Å². The fourth-order valence-corrected chi connectivity index (χ4v) is 4.60. The summed E-state index contributed by atoms with van der Waals surface area (Å²) in [6.07, 6.45) is 7.98. The Kier molecular flexibility index (Phi) is 5.05. The van der Waals surface area contributed by atoms with Gasteiger partial charge in [0.1, 0.15) is 5.78 Å². The van der Waals surface area contributed by atoms with E-state index in [1.165, 1.54) is 6.42 Å². The number of hydrogen-bond donors (Lipinski definition) is 1. The monoisotopic (exact) mass is 265 g/mol. The highest BCUT2D eigenvalue weighted by molar-refractivity contribution is 5.87. The van der Waals surface area contributed by atoms with Gasteiger partial charge in [-0.25, -0.2) is 0 Å². The van der Waals surface area contributed by atoms with Crippen molar-refractivity contribution in [1.29, 1.82) is 0 Å². The molecule has 2 atom stereocenters. The first kappa shape index (κ1) is 15.0. The van der Waals surface area contributed by atoms with Gasteiger partial charge < -0.3 is 5.32 Å². The van der Waals surface area contributed by atoms with Crippen molar-refractivity contribution < 1.29 is 4.79 Å². The molecule has 1 N–H and O–H groups in total. The molecule has 2 heteroatoms. The molecular formula is C17H31NO. The molecule has 1 aliphatic heterocycles. The summed E-state index contributed by atoms with van der Waals surface area (Å²) in [5, 5.41) is 3.42. The maximum absolute atomic E-state index is 13.1. The molecule has 0 aromatic rings. The summed E-state index contributed by atoms with van der Waals surface area (Å²) in [6.45, 7) is 8.94. The Morgan fingerprint density at radius 1 is 1.11 bits per heavy atom. The third-order valence-corrected chi connectivity index (χ3v) is 5.36. The Morgan fingerprint density at radius 3 is 2.21 bits per heavy atom. The Morgan fingerprint density at radius 2 is 1.68 bits per heavy atom. The molecule has 2 rings (SSSR count). The van der Waals surface area contributed by atoms with E-state index in [4.69, 9.17) is 0 Å². The van der Waals surface area contributed by atoms with Crippen LogP contribution in [0.4, 0.5) is 0 Å². The van der Waals surface area contributed by atoms with Gasteiger partial charge in [0.05, 0.1) is 0 Å². The number of rotatable bonds is 4. The van der Waals surface area contributed by atoms with E-state index in [0.717, 1.165) is 63.5 Å². The summed E-state index contributed by atoms with van der Waals surface area (Å²) in [5.74, 6) is 2.44. The van der Waals surface area contributed by atoms with Gasteiger partial charge in [-0.15, -0.1) is 0 Å². The summed E-state index contributed by atoms with van der Waals surface area (Å²) >= 11 is 0. The van der Waals surface area contributed by atoms with E-state index >= 15 is 0 Å². The van der Waals surface area contributed by atoms with Crippen LogP contribution in [0.1, 0.15) is 65.7 Å². The third-order valence-electron chi connectivity index (χ3n) is 5.36. The van der Waals surface area contributed by atoms with E-state index in [9.17, 15) is 4.79 Å². The van der Waals surface area contributed by atoms with Crippen molar-refractivity contribution >= 4 is 5.78 Å². The van der Waals surface area contributed by atoms with Crippen LogP contribution in [-0.4, -0.2) is 18.9 Å².